The van der Waals surface area contributed by atoms with Gasteiger partial charge in [-0.25, -0.2) is 0 Å². The summed E-state index contributed by atoms with van der Waals surface area (Å²) in [6.07, 6.45) is -1.60. The molecule has 10 heteroatoms. The van der Waals surface area contributed by atoms with E-state index >= 15 is 0 Å². The van der Waals surface area contributed by atoms with E-state index in [-0.39, 0.29) is 28.7 Å². The minimum Gasteiger partial charge on any atom is -0.356 e. The summed E-state index contributed by atoms with van der Waals surface area (Å²) in [6, 6.07) is 0. The number of nitrogens with one attached hydrogen (secondary N) is 2. The number of nitrogens with zero attached hydrogens (tertiary/aromatic N) is 2. The number of rotatable bonds is 7. The van der Waals surface area contributed by atoms with Gasteiger partial charge in [0.25, 0.3) is 0 Å². The van der Waals surface area contributed by atoms with Crippen LogP contribution in [0.1, 0.15) is 40.0 Å². The first-order valence-corrected chi connectivity index (χ1v) is 10.5. The minimum absolute atomic E-state index is 0. The molecule has 0 aromatic heterocycles. The third-order valence-electron chi connectivity index (χ3n) is 4.44. The molecule has 1 aliphatic rings. The normalized spacial score (nSPS) is 18.7. The molecular formula is C17H34F3IN4OS. The average Bonchev–Trinajstić information content (AvgIpc) is 2.52. The Kier molecular flexibility index (Phi) is 12.4. The lowest BCUT2D eigenvalue weighted by molar-refractivity contribution is -0.148. The molecule has 0 bridgehead atoms. The fraction of sp³-hybridized carbons (Fsp3) is 0.941. The number of hydrogen-bond acceptors (Lipinski definition) is 3. The van der Waals surface area contributed by atoms with Crippen molar-refractivity contribution in [3.63, 3.8) is 0 Å². The fourth-order valence-corrected chi connectivity index (χ4v) is 3.77. The highest BCUT2D eigenvalue weighted by Gasteiger charge is 2.32. The zero-order valence-corrected chi connectivity index (χ0v) is 19.8. The van der Waals surface area contributed by atoms with Crippen molar-refractivity contribution in [2.75, 3.05) is 45.5 Å². The molecule has 1 rings (SSSR count). The Labute approximate surface area is 180 Å². The van der Waals surface area contributed by atoms with Gasteiger partial charge < -0.3 is 10.6 Å². The number of guanidine groups is 1. The molecule has 2 N–H and O–H groups in total. The molecule has 1 saturated heterocycles. The second-order valence-electron chi connectivity index (χ2n) is 7.71. The molecule has 0 amide bonds. The number of aliphatic imine (C=N–C) groups is 1. The van der Waals surface area contributed by atoms with Gasteiger partial charge in [-0.2, -0.15) is 13.2 Å². The van der Waals surface area contributed by atoms with Crippen molar-refractivity contribution in [3.05, 3.63) is 0 Å². The number of likely N-dealkylation sites (tertiary alicyclic amines) is 1. The molecule has 1 fully saturated rings. The van der Waals surface area contributed by atoms with Crippen molar-refractivity contribution >= 4 is 40.7 Å². The monoisotopic (exact) mass is 526 g/mol. The van der Waals surface area contributed by atoms with Gasteiger partial charge in [-0.15, -0.1) is 24.0 Å². The molecule has 1 atom stereocenters. The van der Waals surface area contributed by atoms with Crippen LogP contribution in [0.4, 0.5) is 13.2 Å². The minimum atomic E-state index is -4.11. The molecule has 0 aromatic rings. The van der Waals surface area contributed by atoms with Crippen LogP contribution in [-0.4, -0.2) is 71.5 Å². The maximum Gasteiger partial charge on any atom is 0.401 e. The van der Waals surface area contributed by atoms with Crippen molar-refractivity contribution in [3.8, 4) is 0 Å². The summed E-state index contributed by atoms with van der Waals surface area (Å²) in [7, 11) is 0.780. The molecule has 0 spiro atoms. The van der Waals surface area contributed by atoms with E-state index in [9.17, 15) is 17.4 Å². The maximum atomic E-state index is 12.4. The van der Waals surface area contributed by atoms with E-state index in [1.165, 1.54) is 4.90 Å². The average molecular weight is 526 g/mol. The van der Waals surface area contributed by atoms with Crippen LogP contribution in [0.25, 0.3) is 0 Å². The third kappa shape index (κ3) is 12.1. The van der Waals surface area contributed by atoms with Crippen LogP contribution in [-0.2, 0) is 10.8 Å². The molecule has 0 saturated carbocycles. The van der Waals surface area contributed by atoms with Gasteiger partial charge in [0.15, 0.2) is 5.96 Å². The Morgan fingerprint density at radius 1 is 1.15 bits per heavy atom. The lowest BCUT2D eigenvalue weighted by atomic mass is 9.93. The second-order valence-corrected chi connectivity index (χ2v) is 10.0. The standard InChI is InChI=1S/C17H33F3N4OS.HI/c1-16(2,3)26(25)12-9-23-15(21-4)22-8-5-14-6-10-24(11-7-14)13-17(18,19)20;/h14H,5-13H2,1-4H3,(H2,21,22,23);1H. The van der Waals surface area contributed by atoms with Gasteiger partial charge >= 0.3 is 6.18 Å². The lowest BCUT2D eigenvalue weighted by Gasteiger charge is -2.32. The van der Waals surface area contributed by atoms with Crippen LogP contribution < -0.4 is 10.6 Å². The van der Waals surface area contributed by atoms with E-state index in [0.29, 0.717) is 37.3 Å². The van der Waals surface area contributed by atoms with E-state index in [1.54, 1.807) is 7.05 Å². The molecule has 162 valence electrons. The molecule has 5 nitrogen and oxygen atoms in total. The number of halogens is 4. The summed E-state index contributed by atoms with van der Waals surface area (Å²) in [5, 5.41) is 6.38. The van der Waals surface area contributed by atoms with Crippen LogP contribution in [0, 0.1) is 5.92 Å². The Morgan fingerprint density at radius 3 is 2.19 bits per heavy atom. The first-order chi connectivity index (χ1) is 12.0. The van der Waals surface area contributed by atoms with E-state index in [0.717, 1.165) is 25.8 Å². The Bertz CT molecular complexity index is 476. The summed E-state index contributed by atoms with van der Waals surface area (Å²) in [5.74, 6) is 1.67. The second kappa shape index (κ2) is 12.5. The molecule has 0 aliphatic carbocycles. The fourth-order valence-electron chi connectivity index (χ4n) is 2.87. The Hall–Kier alpha value is -0.100. The van der Waals surface area contributed by atoms with Crippen molar-refractivity contribution in [1.29, 1.82) is 0 Å². The van der Waals surface area contributed by atoms with Crippen molar-refractivity contribution in [1.82, 2.24) is 15.5 Å². The summed E-state index contributed by atoms with van der Waals surface area (Å²) >= 11 is 0. The molecule has 1 heterocycles. The smallest absolute Gasteiger partial charge is 0.356 e. The zero-order valence-electron chi connectivity index (χ0n) is 16.7. The van der Waals surface area contributed by atoms with Gasteiger partial charge in [0.1, 0.15) is 0 Å². The SMILES string of the molecule is CN=C(NCCC1CCN(CC(F)(F)F)CC1)NCCS(=O)C(C)(C)C.I. The third-order valence-corrected chi connectivity index (χ3v) is 6.38. The highest BCUT2D eigenvalue weighted by Crippen LogP contribution is 2.23. The van der Waals surface area contributed by atoms with E-state index in [1.807, 2.05) is 20.8 Å². The first kappa shape index (κ1) is 26.9. The van der Waals surface area contributed by atoms with Crippen LogP contribution in [0.5, 0.6) is 0 Å². The predicted octanol–water partition coefficient (Wildman–Crippen LogP) is 2.98. The molecule has 1 unspecified atom stereocenters. The van der Waals surface area contributed by atoms with Crippen LogP contribution in [0.15, 0.2) is 4.99 Å². The summed E-state index contributed by atoms with van der Waals surface area (Å²) in [4.78, 5) is 5.63. The van der Waals surface area contributed by atoms with Crippen molar-refractivity contribution in [2.24, 2.45) is 10.9 Å². The van der Waals surface area contributed by atoms with Crippen molar-refractivity contribution in [2.45, 2.75) is 51.0 Å². The largest absolute Gasteiger partial charge is 0.401 e. The van der Waals surface area contributed by atoms with Gasteiger partial charge in [0, 0.05) is 41.4 Å². The maximum absolute atomic E-state index is 12.4. The quantitative estimate of drug-likeness (QED) is 0.305. The molecular weight excluding hydrogens is 492 g/mol. The number of piperidine rings is 1. The van der Waals surface area contributed by atoms with E-state index in [4.69, 9.17) is 0 Å². The summed E-state index contributed by atoms with van der Waals surface area (Å²) in [5.41, 5.74) is 0. The highest BCUT2D eigenvalue weighted by molar-refractivity contribution is 14.0. The van der Waals surface area contributed by atoms with Gasteiger partial charge in [-0.3, -0.25) is 14.1 Å². The predicted molar refractivity (Wildman–Crippen MR) is 117 cm³/mol. The number of hydrogen-bond donors (Lipinski definition) is 2. The van der Waals surface area contributed by atoms with Crippen LogP contribution in [0.2, 0.25) is 0 Å². The zero-order chi connectivity index (χ0) is 19.8. The lowest BCUT2D eigenvalue weighted by Crippen LogP contribution is -2.42. The molecule has 0 aromatic carbocycles. The molecule has 1 aliphatic heterocycles. The first-order valence-electron chi connectivity index (χ1n) is 9.13. The van der Waals surface area contributed by atoms with Crippen LogP contribution >= 0.6 is 24.0 Å². The van der Waals surface area contributed by atoms with Gasteiger partial charge in [-0.1, -0.05) is 0 Å². The Balaban J connectivity index is 0.00000676. The summed E-state index contributed by atoms with van der Waals surface area (Å²) in [6.45, 7) is 7.39. The topological polar surface area (TPSA) is 56.7 Å². The molecule has 0 radical (unpaired) electrons. The van der Waals surface area contributed by atoms with Gasteiger partial charge in [0.2, 0.25) is 0 Å². The van der Waals surface area contributed by atoms with Crippen LogP contribution in [0.3, 0.4) is 0 Å². The van der Waals surface area contributed by atoms with Gasteiger partial charge in [0.05, 0.1) is 6.54 Å². The Morgan fingerprint density at radius 2 is 1.70 bits per heavy atom. The van der Waals surface area contributed by atoms with E-state index in [2.05, 4.69) is 15.6 Å². The molecule has 27 heavy (non-hydrogen) atoms. The van der Waals surface area contributed by atoms with Gasteiger partial charge in [-0.05, 0) is 59.0 Å². The highest BCUT2D eigenvalue weighted by atomic mass is 127. The number of alkyl halides is 3. The van der Waals surface area contributed by atoms with Crippen molar-refractivity contribution < 1.29 is 17.4 Å². The van der Waals surface area contributed by atoms with E-state index < -0.39 is 23.5 Å². The summed E-state index contributed by atoms with van der Waals surface area (Å²) < 4.78 is 49.0.